The van der Waals surface area contributed by atoms with E-state index in [-0.39, 0.29) is 30.7 Å². The van der Waals surface area contributed by atoms with Crippen LogP contribution in [0.3, 0.4) is 0 Å². The summed E-state index contributed by atoms with van der Waals surface area (Å²) in [7, 11) is 0. The molecule has 1 aromatic carbocycles. The zero-order valence-corrected chi connectivity index (χ0v) is 14.6. The molecule has 1 atom stereocenters. The van der Waals surface area contributed by atoms with Crippen molar-refractivity contribution in [2.24, 2.45) is 0 Å². The van der Waals surface area contributed by atoms with Crippen molar-refractivity contribution in [2.45, 2.75) is 31.5 Å². The first-order valence-electron chi connectivity index (χ1n) is 9.00. The van der Waals surface area contributed by atoms with Crippen LogP contribution in [-0.2, 0) is 9.59 Å². The lowest BCUT2D eigenvalue weighted by Crippen LogP contribution is -2.54. The zero-order valence-electron chi connectivity index (χ0n) is 14.6. The predicted molar refractivity (Wildman–Crippen MR) is 96.3 cm³/mol. The smallest absolute Gasteiger partial charge is 0.271 e. The monoisotopic (exact) mass is 364 g/mol. The van der Waals surface area contributed by atoms with Crippen LogP contribution in [0, 0.1) is 11.2 Å². The molecule has 1 unspecified atom stereocenters. The number of imide groups is 2. The number of rotatable bonds is 2. The molecule has 9 heteroatoms. The van der Waals surface area contributed by atoms with Crippen LogP contribution in [0.5, 0.6) is 0 Å². The van der Waals surface area contributed by atoms with Gasteiger partial charge in [-0.15, -0.1) is 0 Å². The number of anilines is 1. The van der Waals surface area contributed by atoms with Gasteiger partial charge in [0.25, 0.3) is 18.5 Å². The van der Waals surface area contributed by atoms with E-state index in [1.165, 1.54) is 0 Å². The number of amides is 4. The number of carbonyl (C=O) groups is 4. The van der Waals surface area contributed by atoms with Gasteiger partial charge in [-0.25, -0.2) is 5.26 Å². The quantitative estimate of drug-likeness (QED) is 0.603. The molecule has 3 heterocycles. The van der Waals surface area contributed by atoms with Gasteiger partial charge < -0.3 is 4.90 Å². The van der Waals surface area contributed by atoms with E-state index < -0.39 is 29.7 Å². The summed E-state index contributed by atoms with van der Waals surface area (Å²) in [5.41, 5.74) is 1.39. The molecule has 0 aromatic heterocycles. The van der Waals surface area contributed by atoms with E-state index in [9.17, 15) is 19.2 Å². The summed E-state index contributed by atoms with van der Waals surface area (Å²) >= 11 is 0. The molecule has 2 saturated heterocycles. The van der Waals surface area contributed by atoms with Gasteiger partial charge in [-0.3, -0.25) is 29.4 Å². The van der Waals surface area contributed by atoms with Gasteiger partial charge in [0.05, 0.1) is 11.1 Å². The molecular formula is C18H17BN4O4. The summed E-state index contributed by atoms with van der Waals surface area (Å²) in [4.78, 5) is 52.0. The lowest BCUT2D eigenvalue weighted by Gasteiger charge is -2.30. The van der Waals surface area contributed by atoms with Crippen molar-refractivity contribution in [1.82, 2.24) is 10.2 Å². The van der Waals surface area contributed by atoms with E-state index in [2.05, 4.69) is 16.2 Å². The van der Waals surface area contributed by atoms with Crippen molar-refractivity contribution in [1.29, 1.82) is 5.26 Å². The Morgan fingerprint density at radius 3 is 2.44 bits per heavy atom. The second kappa shape index (κ2) is 6.54. The fraction of sp³-hybridized carbons (Fsp3) is 0.389. The van der Waals surface area contributed by atoms with Crippen LogP contribution in [-0.4, -0.2) is 54.4 Å². The van der Waals surface area contributed by atoms with E-state index in [0.717, 1.165) is 36.3 Å². The molecule has 4 amide bonds. The molecule has 27 heavy (non-hydrogen) atoms. The fourth-order valence-corrected chi connectivity index (χ4v) is 3.92. The highest BCUT2D eigenvalue weighted by molar-refractivity contribution is 6.67. The molecule has 0 spiro atoms. The van der Waals surface area contributed by atoms with E-state index in [4.69, 9.17) is 5.26 Å². The summed E-state index contributed by atoms with van der Waals surface area (Å²) < 4.78 is 0. The van der Waals surface area contributed by atoms with Crippen LogP contribution in [0.1, 0.15) is 33.6 Å². The van der Waals surface area contributed by atoms with Crippen LogP contribution < -0.4 is 10.2 Å². The summed E-state index contributed by atoms with van der Waals surface area (Å²) in [6, 6.07) is 4.15. The summed E-state index contributed by atoms with van der Waals surface area (Å²) in [6.07, 6.45) is 1.78. The minimum Gasteiger partial charge on any atom is -0.373 e. The summed E-state index contributed by atoms with van der Waals surface area (Å²) in [5, 5.41) is 11.2. The lowest BCUT2D eigenvalue weighted by atomic mass is 9.45. The Bertz CT molecular complexity index is 901. The molecule has 3 aliphatic heterocycles. The Morgan fingerprint density at radius 1 is 1.07 bits per heavy atom. The Labute approximate surface area is 156 Å². The van der Waals surface area contributed by atoms with Crippen LogP contribution in [0.4, 0.5) is 5.69 Å². The number of nitrogens with one attached hydrogen (secondary N) is 1. The maximum Gasteiger partial charge on any atom is 0.271 e. The lowest BCUT2D eigenvalue weighted by molar-refractivity contribution is -0.136. The predicted octanol–water partition coefficient (Wildman–Crippen LogP) is 0.465. The van der Waals surface area contributed by atoms with Gasteiger partial charge in [0.1, 0.15) is 6.04 Å². The average molecular weight is 364 g/mol. The Hall–Kier alpha value is -3.15. The van der Waals surface area contributed by atoms with Crippen LogP contribution in [0.25, 0.3) is 0 Å². The first-order valence-corrected chi connectivity index (χ1v) is 9.00. The van der Waals surface area contributed by atoms with Crippen molar-refractivity contribution in [3.05, 3.63) is 29.3 Å². The van der Waals surface area contributed by atoms with E-state index in [1.54, 1.807) is 18.2 Å². The van der Waals surface area contributed by atoms with Gasteiger partial charge in [0, 0.05) is 31.2 Å². The Kier molecular flexibility index (Phi) is 4.19. The zero-order chi connectivity index (χ0) is 19.1. The standard InChI is InChI=1S/C18H17BN4O4/c20-10-19-5-7-22(8-6-19)11-1-2-12-13(9-11)18(27)23(17(12)26)14-3-4-15(24)21-16(14)25/h1-2,9,14H,3-8H2,(H,21,24,25). The maximum atomic E-state index is 12.8. The van der Waals surface area contributed by atoms with Crippen LogP contribution in [0.2, 0.25) is 12.6 Å². The highest BCUT2D eigenvalue weighted by atomic mass is 16.2. The van der Waals surface area contributed by atoms with Crippen molar-refractivity contribution in [3.8, 4) is 5.97 Å². The second-order valence-corrected chi connectivity index (χ2v) is 7.07. The molecule has 4 rings (SSSR count). The van der Waals surface area contributed by atoms with Gasteiger partial charge in [-0.1, -0.05) is 0 Å². The van der Waals surface area contributed by atoms with Gasteiger partial charge in [-0.2, -0.15) is 0 Å². The third-order valence-electron chi connectivity index (χ3n) is 5.47. The van der Waals surface area contributed by atoms with Crippen molar-refractivity contribution in [2.75, 3.05) is 18.0 Å². The Balaban J connectivity index is 1.58. The average Bonchev–Trinajstić information content (AvgIpc) is 2.92. The number of carbonyl (C=O) groups excluding carboxylic acids is 4. The van der Waals surface area contributed by atoms with E-state index >= 15 is 0 Å². The van der Waals surface area contributed by atoms with Gasteiger partial charge in [0.2, 0.25) is 11.8 Å². The minimum absolute atomic E-state index is 0.0573. The molecule has 1 aromatic rings. The summed E-state index contributed by atoms with van der Waals surface area (Å²) in [6.45, 7) is 1.49. The SMILES string of the molecule is N#CB1CCN(c2ccc3c(c2)C(=O)N(C2CCC(=O)NC2=O)C3=O)CC1. The third-order valence-corrected chi connectivity index (χ3v) is 5.47. The number of hydrogen-bond acceptors (Lipinski definition) is 6. The van der Waals surface area contributed by atoms with E-state index in [1.807, 2.05) is 0 Å². The Morgan fingerprint density at radius 2 is 1.78 bits per heavy atom. The molecule has 0 aliphatic carbocycles. The largest absolute Gasteiger partial charge is 0.373 e. The molecule has 3 aliphatic rings. The van der Waals surface area contributed by atoms with Crippen molar-refractivity contribution in [3.63, 3.8) is 0 Å². The first kappa shape index (κ1) is 17.3. The molecule has 0 saturated carbocycles. The minimum atomic E-state index is -0.954. The molecule has 136 valence electrons. The first-order chi connectivity index (χ1) is 13.0. The maximum absolute atomic E-state index is 12.8. The molecule has 2 fully saturated rings. The van der Waals surface area contributed by atoms with Crippen LogP contribution >= 0.6 is 0 Å². The van der Waals surface area contributed by atoms with Gasteiger partial charge in [-0.05, 0) is 37.3 Å². The number of benzene rings is 1. The molecule has 8 nitrogen and oxygen atoms in total. The van der Waals surface area contributed by atoms with Crippen molar-refractivity contribution >= 4 is 36.0 Å². The third kappa shape index (κ3) is 2.87. The van der Waals surface area contributed by atoms with Gasteiger partial charge >= 0.3 is 0 Å². The van der Waals surface area contributed by atoms with Crippen molar-refractivity contribution < 1.29 is 19.2 Å². The normalized spacial score (nSPS) is 22.6. The summed E-state index contributed by atoms with van der Waals surface area (Å²) in [5.74, 6) is 0.279. The second-order valence-electron chi connectivity index (χ2n) is 7.07. The van der Waals surface area contributed by atoms with Crippen LogP contribution in [0.15, 0.2) is 18.2 Å². The number of hydrogen-bond donors (Lipinski definition) is 1. The molecular weight excluding hydrogens is 347 g/mol. The number of nitriles is 1. The highest BCUT2D eigenvalue weighted by Gasteiger charge is 2.44. The van der Waals surface area contributed by atoms with E-state index in [0.29, 0.717) is 0 Å². The number of nitrogens with zero attached hydrogens (tertiary/aromatic N) is 3. The molecule has 0 radical (unpaired) electrons. The fourth-order valence-electron chi connectivity index (χ4n) is 3.92. The number of fused-ring (bicyclic) bond motifs is 1. The highest BCUT2D eigenvalue weighted by Crippen LogP contribution is 2.31. The molecule has 0 bridgehead atoms. The number of piperidine rings is 1. The molecule has 1 N–H and O–H groups in total. The topological polar surface area (TPSA) is 111 Å². The van der Waals surface area contributed by atoms with Gasteiger partial charge in [0.15, 0.2) is 0 Å².